The van der Waals surface area contributed by atoms with Crippen LogP contribution in [0.15, 0.2) is 22.7 Å². The number of hydrogen-bond donors (Lipinski definition) is 2. The summed E-state index contributed by atoms with van der Waals surface area (Å²) >= 11 is 3.32. The van der Waals surface area contributed by atoms with E-state index >= 15 is 0 Å². The molecule has 18 heavy (non-hydrogen) atoms. The van der Waals surface area contributed by atoms with Crippen LogP contribution in [0.25, 0.3) is 0 Å². The van der Waals surface area contributed by atoms with Gasteiger partial charge in [0.1, 0.15) is 6.07 Å². The van der Waals surface area contributed by atoms with Gasteiger partial charge in [0.2, 0.25) is 0 Å². The first-order chi connectivity index (χ1) is 8.50. The van der Waals surface area contributed by atoms with Crippen LogP contribution in [-0.4, -0.2) is 31.0 Å². The molecule has 1 rings (SSSR count). The van der Waals surface area contributed by atoms with Gasteiger partial charge in [0.05, 0.1) is 16.9 Å². The Bertz CT molecular complexity index is 441. The minimum absolute atomic E-state index is 0.363. The molecule has 1 aromatic carbocycles. The third-order valence-corrected chi connectivity index (χ3v) is 3.29. The van der Waals surface area contributed by atoms with Crippen molar-refractivity contribution in [2.45, 2.75) is 18.9 Å². The van der Waals surface area contributed by atoms with E-state index in [0.29, 0.717) is 30.8 Å². The molecule has 0 saturated carbocycles. The van der Waals surface area contributed by atoms with Gasteiger partial charge in [0.25, 0.3) is 0 Å². The van der Waals surface area contributed by atoms with Crippen molar-refractivity contribution in [1.29, 1.82) is 5.26 Å². The normalized spacial score (nSPS) is 13.7. The van der Waals surface area contributed by atoms with Gasteiger partial charge in [0.15, 0.2) is 0 Å². The highest BCUT2D eigenvalue weighted by atomic mass is 79.9. The largest absolute Gasteiger partial charge is 0.388 e. The zero-order valence-electron chi connectivity index (χ0n) is 10.5. The molecule has 0 fully saturated rings. The summed E-state index contributed by atoms with van der Waals surface area (Å²) in [5.74, 6) is 0. The first-order valence-corrected chi connectivity index (χ1v) is 6.43. The van der Waals surface area contributed by atoms with Crippen molar-refractivity contribution in [1.82, 2.24) is 0 Å². The number of nitrogens with one attached hydrogen (secondary N) is 1. The Balaban J connectivity index is 2.69. The van der Waals surface area contributed by atoms with E-state index in [2.05, 4.69) is 27.3 Å². The van der Waals surface area contributed by atoms with E-state index in [1.54, 1.807) is 14.0 Å². The third kappa shape index (κ3) is 4.30. The van der Waals surface area contributed by atoms with Crippen molar-refractivity contribution in [3.8, 4) is 6.07 Å². The van der Waals surface area contributed by atoms with Gasteiger partial charge >= 0.3 is 0 Å². The second-order valence-corrected chi connectivity index (χ2v) is 5.22. The molecule has 1 atom stereocenters. The number of methoxy groups -OCH3 is 1. The van der Waals surface area contributed by atoms with Gasteiger partial charge in [-0.2, -0.15) is 5.26 Å². The molecule has 0 heterocycles. The molecule has 0 saturated heterocycles. The molecule has 0 radical (unpaired) electrons. The van der Waals surface area contributed by atoms with Gasteiger partial charge in [0, 0.05) is 31.2 Å². The van der Waals surface area contributed by atoms with Crippen LogP contribution in [0.1, 0.15) is 18.9 Å². The number of anilines is 1. The van der Waals surface area contributed by atoms with Crippen LogP contribution >= 0.6 is 15.9 Å². The van der Waals surface area contributed by atoms with E-state index in [0.717, 1.165) is 4.47 Å². The number of benzene rings is 1. The van der Waals surface area contributed by atoms with Gasteiger partial charge in [-0.15, -0.1) is 0 Å². The van der Waals surface area contributed by atoms with Crippen molar-refractivity contribution in [3.05, 3.63) is 28.2 Å². The number of ether oxygens (including phenoxy) is 1. The maximum Gasteiger partial charge on any atom is 0.103 e. The predicted molar refractivity (Wildman–Crippen MR) is 74.5 cm³/mol. The number of rotatable bonds is 6. The maximum absolute atomic E-state index is 10.1. The quantitative estimate of drug-likeness (QED) is 0.847. The molecule has 0 bridgehead atoms. The maximum atomic E-state index is 10.1. The Morgan fingerprint density at radius 3 is 2.89 bits per heavy atom. The topological polar surface area (TPSA) is 65.3 Å². The van der Waals surface area contributed by atoms with Crippen LogP contribution in [0.3, 0.4) is 0 Å². The molecule has 1 unspecified atom stereocenters. The van der Waals surface area contributed by atoms with Gasteiger partial charge in [-0.05, 0) is 35.0 Å². The van der Waals surface area contributed by atoms with Crippen LogP contribution < -0.4 is 5.32 Å². The van der Waals surface area contributed by atoms with Crippen molar-refractivity contribution in [2.75, 3.05) is 25.6 Å². The first kappa shape index (κ1) is 15.0. The SMILES string of the molecule is COCCC(C)(O)CNc1cccc(Br)c1C#N. The molecule has 0 aromatic heterocycles. The van der Waals surface area contributed by atoms with Crippen LogP contribution in [0.5, 0.6) is 0 Å². The fourth-order valence-electron chi connectivity index (χ4n) is 1.48. The lowest BCUT2D eigenvalue weighted by Gasteiger charge is -2.24. The average Bonchev–Trinajstić information content (AvgIpc) is 2.34. The summed E-state index contributed by atoms with van der Waals surface area (Å²) in [4.78, 5) is 0. The van der Waals surface area contributed by atoms with Crippen LogP contribution in [0, 0.1) is 11.3 Å². The first-order valence-electron chi connectivity index (χ1n) is 5.64. The van der Waals surface area contributed by atoms with E-state index < -0.39 is 5.60 Å². The summed E-state index contributed by atoms with van der Waals surface area (Å²) in [6.45, 7) is 2.60. The number of aliphatic hydroxyl groups is 1. The zero-order chi connectivity index (χ0) is 13.6. The summed E-state index contributed by atoms with van der Waals surface area (Å²) in [6.07, 6.45) is 0.534. The van der Waals surface area contributed by atoms with Crippen molar-refractivity contribution < 1.29 is 9.84 Å². The molecule has 0 aliphatic rings. The van der Waals surface area contributed by atoms with Crippen LogP contribution in [-0.2, 0) is 4.74 Å². The van der Waals surface area contributed by atoms with Crippen molar-refractivity contribution >= 4 is 21.6 Å². The Morgan fingerprint density at radius 1 is 1.56 bits per heavy atom. The lowest BCUT2D eigenvalue weighted by atomic mass is 10.0. The number of nitrogens with zero attached hydrogens (tertiary/aromatic N) is 1. The molecular weight excluding hydrogens is 296 g/mol. The average molecular weight is 313 g/mol. The Morgan fingerprint density at radius 2 is 2.28 bits per heavy atom. The lowest BCUT2D eigenvalue weighted by Crippen LogP contribution is -2.34. The molecule has 4 nitrogen and oxygen atoms in total. The summed E-state index contributed by atoms with van der Waals surface area (Å²) in [5.41, 5.74) is 0.384. The van der Waals surface area contributed by atoms with E-state index in [1.807, 2.05) is 18.2 Å². The van der Waals surface area contributed by atoms with Crippen molar-refractivity contribution in [2.24, 2.45) is 0 Å². The fraction of sp³-hybridized carbons (Fsp3) is 0.462. The number of nitriles is 1. The molecule has 98 valence electrons. The van der Waals surface area contributed by atoms with E-state index in [1.165, 1.54) is 0 Å². The summed E-state index contributed by atoms with van der Waals surface area (Å²) in [5, 5.41) is 22.3. The monoisotopic (exact) mass is 312 g/mol. The lowest BCUT2D eigenvalue weighted by molar-refractivity contribution is 0.0357. The Labute approximate surface area is 116 Å². The second kappa shape index (κ2) is 6.74. The molecule has 5 heteroatoms. The predicted octanol–water partition coefficient (Wildman–Crippen LogP) is 2.52. The minimum atomic E-state index is -0.870. The summed E-state index contributed by atoms with van der Waals surface area (Å²) in [7, 11) is 1.60. The van der Waals surface area contributed by atoms with Crippen LogP contribution in [0.4, 0.5) is 5.69 Å². The Hall–Kier alpha value is -1.09. The summed E-state index contributed by atoms with van der Waals surface area (Å²) in [6, 6.07) is 7.60. The van der Waals surface area contributed by atoms with Gasteiger partial charge in [-0.1, -0.05) is 6.07 Å². The van der Waals surface area contributed by atoms with Gasteiger partial charge in [-0.3, -0.25) is 0 Å². The Kier molecular flexibility index (Phi) is 5.60. The van der Waals surface area contributed by atoms with Gasteiger partial charge < -0.3 is 15.2 Å². The minimum Gasteiger partial charge on any atom is -0.388 e. The molecule has 0 aliphatic carbocycles. The highest BCUT2D eigenvalue weighted by molar-refractivity contribution is 9.10. The number of halogens is 1. The molecule has 0 aliphatic heterocycles. The number of hydrogen-bond acceptors (Lipinski definition) is 4. The molecular formula is C13H17BrN2O2. The van der Waals surface area contributed by atoms with E-state index in [-0.39, 0.29) is 0 Å². The molecule has 0 spiro atoms. The molecule has 1 aromatic rings. The fourth-order valence-corrected chi connectivity index (χ4v) is 1.94. The molecule has 2 N–H and O–H groups in total. The highest BCUT2D eigenvalue weighted by Crippen LogP contribution is 2.24. The highest BCUT2D eigenvalue weighted by Gasteiger charge is 2.20. The zero-order valence-corrected chi connectivity index (χ0v) is 12.1. The standard InChI is InChI=1S/C13H17BrN2O2/c1-13(17,6-7-18-2)9-16-12-5-3-4-11(14)10(12)8-15/h3-5,16-17H,6-7,9H2,1-2H3. The van der Waals surface area contributed by atoms with Gasteiger partial charge in [-0.25, -0.2) is 0 Å². The molecule has 0 amide bonds. The van der Waals surface area contributed by atoms with E-state index in [9.17, 15) is 5.11 Å². The van der Waals surface area contributed by atoms with E-state index in [4.69, 9.17) is 10.00 Å². The second-order valence-electron chi connectivity index (χ2n) is 4.37. The van der Waals surface area contributed by atoms with Crippen molar-refractivity contribution in [3.63, 3.8) is 0 Å². The summed E-state index contributed by atoms with van der Waals surface area (Å²) < 4.78 is 5.69. The smallest absolute Gasteiger partial charge is 0.103 e. The third-order valence-electron chi connectivity index (χ3n) is 2.63. The van der Waals surface area contributed by atoms with Crippen LogP contribution in [0.2, 0.25) is 0 Å².